The van der Waals surface area contributed by atoms with Crippen LogP contribution in [0.3, 0.4) is 0 Å². The minimum Gasteiger partial charge on any atom is -0.357 e. The zero-order valence-corrected chi connectivity index (χ0v) is 20.1. The molecule has 0 spiro atoms. The summed E-state index contributed by atoms with van der Waals surface area (Å²) >= 11 is 5.20. The van der Waals surface area contributed by atoms with Gasteiger partial charge >= 0.3 is 0 Å². The van der Waals surface area contributed by atoms with Crippen LogP contribution >= 0.6 is 51.7 Å². The van der Waals surface area contributed by atoms with Gasteiger partial charge in [-0.2, -0.15) is 11.8 Å². The number of hydrogen-bond donors (Lipinski definition) is 3. The van der Waals surface area contributed by atoms with E-state index in [1.165, 1.54) is 0 Å². The number of thioether (sulfide) groups is 1. The van der Waals surface area contributed by atoms with Crippen LogP contribution in [0.5, 0.6) is 0 Å². The summed E-state index contributed by atoms with van der Waals surface area (Å²) in [5.41, 5.74) is 1.81. The highest BCUT2D eigenvalue weighted by Gasteiger charge is 2.16. The van der Waals surface area contributed by atoms with Crippen molar-refractivity contribution in [3.05, 3.63) is 28.2 Å². The molecule has 0 aliphatic heterocycles. The Kier molecular flexibility index (Phi) is 11.8. The maximum absolute atomic E-state index is 12.1. The lowest BCUT2D eigenvalue weighted by Gasteiger charge is -2.23. The third-order valence-electron chi connectivity index (χ3n) is 3.43. The van der Waals surface area contributed by atoms with Crippen molar-refractivity contribution in [1.29, 1.82) is 0 Å². The van der Waals surface area contributed by atoms with E-state index >= 15 is 0 Å². The van der Waals surface area contributed by atoms with Gasteiger partial charge in [0, 0.05) is 28.0 Å². The third-order valence-corrected chi connectivity index (χ3v) is 5.18. The average molecular weight is 543 g/mol. The molecule has 3 N–H and O–H groups in total. The first-order valence-corrected chi connectivity index (χ1v) is 9.92. The van der Waals surface area contributed by atoms with Crippen molar-refractivity contribution in [2.24, 2.45) is 4.99 Å². The molecule has 0 aromatic heterocycles. The number of nitrogens with zero attached hydrogens (tertiary/aromatic N) is 1. The zero-order valence-electron chi connectivity index (χ0n) is 15.4. The fourth-order valence-corrected chi connectivity index (χ4v) is 2.36. The molecule has 1 amide bonds. The first-order chi connectivity index (χ1) is 11.3. The van der Waals surface area contributed by atoms with Gasteiger partial charge in [0.15, 0.2) is 5.96 Å². The molecule has 0 atom stereocenters. The van der Waals surface area contributed by atoms with Gasteiger partial charge in [-0.15, -0.1) is 24.0 Å². The Morgan fingerprint density at radius 2 is 2.00 bits per heavy atom. The Morgan fingerprint density at radius 1 is 1.32 bits per heavy atom. The van der Waals surface area contributed by atoms with E-state index < -0.39 is 0 Å². The Balaban J connectivity index is 0.00000576. The van der Waals surface area contributed by atoms with Crippen molar-refractivity contribution >= 4 is 69.2 Å². The number of guanidine groups is 1. The monoisotopic (exact) mass is 542 g/mol. The van der Waals surface area contributed by atoms with Crippen LogP contribution in [-0.4, -0.2) is 42.5 Å². The summed E-state index contributed by atoms with van der Waals surface area (Å²) in [5, 5.41) is 9.34. The van der Waals surface area contributed by atoms with Crippen LogP contribution in [0.15, 0.2) is 27.7 Å². The molecule has 0 unspecified atom stereocenters. The van der Waals surface area contributed by atoms with E-state index in [1.807, 2.05) is 32.0 Å². The zero-order chi connectivity index (χ0) is 18.2. The molecule has 1 aromatic rings. The van der Waals surface area contributed by atoms with E-state index in [2.05, 4.69) is 57.0 Å². The second kappa shape index (κ2) is 12.0. The molecule has 1 rings (SSSR count). The van der Waals surface area contributed by atoms with Crippen molar-refractivity contribution in [2.45, 2.75) is 32.4 Å². The van der Waals surface area contributed by atoms with Gasteiger partial charge in [-0.05, 0) is 51.6 Å². The van der Waals surface area contributed by atoms with Gasteiger partial charge in [0.05, 0.1) is 0 Å². The number of benzene rings is 1. The van der Waals surface area contributed by atoms with Gasteiger partial charge in [-0.1, -0.05) is 22.0 Å². The predicted octanol–water partition coefficient (Wildman–Crippen LogP) is 4.01. The Bertz CT molecular complexity index is 596. The Morgan fingerprint density at radius 3 is 2.60 bits per heavy atom. The normalized spacial score (nSPS) is 11.5. The molecule has 0 bridgehead atoms. The molecule has 5 nitrogen and oxygen atoms in total. The van der Waals surface area contributed by atoms with Crippen molar-refractivity contribution in [3.8, 4) is 0 Å². The van der Waals surface area contributed by atoms with E-state index in [0.717, 1.165) is 28.8 Å². The van der Waals surface area contributed by atoms with Crippen molar-refractivity contribution in [1.82, 2.24) is 10.6 Å². The maximum Gasteiger partial charge on any atom is 0.246 e. The lowest BCUT2D eigenvalue weighted by atomic mass is 10.2. The first-order valence-electron chi connectivity index (χ1n) is 7.90. The summed E-state index contributed by atoms with van der Waals surface area (Å²) in [6, 6.07) is 5.80. The van der Waals surface area contributed by atoms with Gasteiger partial charge in [0.1, 0.15) is 6.54 Å². The Labute approximate surface area is 180 Å². The van der Waals surface area contributed by atoms with Gasteiger partial charge < -0.3 is 16.0 Å². The van der Waals surface area contributed by atoms with Crippen LogP contribution in [0.2, 0.25) is 0 Å². The molecular formula is C17H28BrIN4OS. The molecule has 0 saturated heterocycles. The minimum atomic E-state index is -0.141. The number of hydrogen-bond acceptors (Lipinski definition) is 3. The topological polar surface area (TPSA) is 65.5 Å². The molecule has 25 heavy (non-hydrogen) atoms. The lowest BCUT2D eigenvalue weighted by molar-refractivity contribution is -0.114. The number of amides is 1. The molecule has 8 heteroatoms. The summed E-state index contributed by atoms with van der Waals surface area (Å²) in [7, 11) is 0. The molecule has 0 saturated carbocycles. The molecule has 0 heterocycles. The quantitative estimate of drug-likeness (QED) is 0.277. The molecule has 142 valence electrons. The van der Waals surface area contributed by atoms with Crippen LogP contribution < -0.4 is 16.0 Å². The van der Waals surface area contributed by atoms with E-state index in [1.54, 1.807) is 11.8 Å². The van der Waals surface area contributed by atoms with Crippen LogP contribution in [0.25, 0.3) is 0 Å². The number of halogens is 2. The van der Waals surface area contributed by atoms with Crippen LogP contribution in [0, 0.1) is 6.92 Å². The van der Waals surface area contributed by atoms with Crippen LogP contribution in [-0.2, 0) is 4.79 Å². The van der Waals surface area contributed by atoms with Gasteiger partial charge in [0.25, 0.3) is 0 Å². The second-order valence-corrected chi connectivity index (χ2v) is 8.45. The van der Waals surface area contributed by atoms with Crippen molar-refractivity contribution < 1.29 is 4.79 Å². The number of carbonyl (C=O) groups excluding carboxylic acids is 1. The highest BCUT2D eigenvalue weighted by molar-refractivity contribution is 14.0. The fourth-order valence-electron chi connectivity index (χ4n) is 1.78. The summed E-state index contributed by atoms with van der Waals surface area (Å²) in [5.74, 6) is 0.512. The smallest absolute Gasteiger partial charge is 0.246 e. The van der Waals surface area contributed by atoms with E-state index in [4.69, 9.17) is 0 Å². The lowest BCUT2D eigenvalue weighted by Crippen LogP contribution is -2.43. The van der Waals surface area contributed by atoms with Crippen LogP contribution in [0.1, 0.15) is 26.3 Å². The molecule has 1 aromatic carbocycles. The summed E-state index contributed by atoms with van der Waals surface area (Å²) < 4.78 is 1.03. The maximum atomic E-state index is 12.1. The number of rotatable bonds is 7. The predicted molar refractivity (Wildman–Crippen MR) is 124 cm³/mol. The standard InChI is InChI=1S/C17H27BrN4OS.HI/c1-6-19-16(21-11-17(3,4)24-5)20-10-15(23)22-14-9-13(18)8-7-12(14)2;/h7-9H,6,10-11H2,1-5H3,(H,22,23)(H2,19,20,21);1H. The average Bonchev–Trinajstić information content (AvgIpc) is 2.53. The van der Waals surface area contributed by atoms with Crippen LogP contribution in [0.4, 0.5) is 5.69 Å². The fraction of sp³-hybridized carbons (Fsp3) is 0.529. The summed E-state index contributed by atoms with van der Waals surface area (Å²) in [4.78, 5) is 16.5. The minimum absolute atomic E-state index is 0. The number of nitrogens with one attached hydrogen (secondary N) is 3. The van der Waals surface area contributed by atoms with E-state index in [-0.39, 0.29) is 41.2 Å². The van der Waals surface area contributed by atoms with E-state index in [0.29, 0.717) is 5.96 Å². The third kappa shape index (κ3) is 9.69. The largest absolute Gasteiger partial charge is 0.357 e. The Hall–Kier alpha value is -0.480. The van der Waals surface area contributed by atoms with Crippen molar-refractivity contribution in [2.75, 3.05) is 31.2 Å². The van der Waals surface area contributed by atoms with E-state index in [9.17, 15) is 4.79 Å². The van der Waals surface area contributed by atoms with Gasteiger partial charge in [-0.3, -0.25) is 4.79 Å². The highest BCUT2D eigenvalue weighted by atomic mass is 127. The molecule has 0 aliphatic carbocycles. The second-order valence-electron chi connectivity index (χ2n) is 6.02. The number of aryl methyl sites for hydroxylation is 1. The highest BCUT2D eigenvalue weighted by Crippen LogP contribution is 2.20. The summed E-state index contributed by atoms with van der Waals surface area (Å²) in [6.45, 7) is 9.88. The SMILES string of the molecule is CCNC(=NCC(=O)Nc1cc(Br)ccc1C)NCC(C)(C)SC.I. The van der Waals surface area contributed by atoms with Gasteiger partial charge in [0.2, 0.25) is 5.91 Å². The first kappa shape index (κ1) is 24.5. The van der Waals surface area contributed by atoms with Gasteiger partial charge in [-0.25, -0.2) is 4.99 Å². The van der Waals surface area contributed by atoms with Crippen molar-refractivity contribution in [3.63, 3.8) is 0 Å². The summed E-state index contributed by atoms with van der Waals surface area (Å²) in [6.07, 6.45) is 2.08. The molecular weight excluding hydrogens is 515 g/mol. The molecule has 0 radical (unpaired) electrons. The number of aliphatic imine (C=N–C) groups is 1. The number of anilines is 1. The molecule has 0 fully saturated rings. The molecule has 0 aliphatic rings. The number of carbonyl (C=O) groups is 1.